The molecule has 0 atom stereocenters. The van der Waals surface area contributed by atoms with E-state index in [9.17, 15) is 4.79 Å². The Morgan fingerprint density at radius 3 is 2.79 bits per heavy atom. The zero-order valence-corrected chi connectivity index (χ0v) is 14.6. The van der Waals surface area contributed by atoms with Crippen molar-refractivity contribution in [1.29, 1.82) is 0 Å². The van der Waals surface area contributed by atoms with Gasteiger partial charge >= 0.3 is 0 Å². The van der Waals surface area contributed by atoms with Gasteiger partial charge in [-0.2, -0.15) is 0 Å². The highest BCUT2D eigenvalue weighted by atomic mass is 35.5. The van der Waals surface area contributed by atoms with E-state index in [1.807, 2.05) is 30.3 Å². The Kier molecular flexibility index (Phi) is 3.96. The molecule has 4 rings (SSSR count). The van der Waals surface area contributed by atoms with Gasteiger partial charge in [-0.15, -0.1) is 0 Å². The summed E-state index contributed by atoms with van der Waals surface area (Å²) in [5.74, 6) is 0.961. The fraction of sp³-hybridized carbons (Fsp3) is 0.0588. The Labute approximate surface area is 153 Å². The third kappa shape index (κ3) is 2.66. The molecule has 0 N–H and O–H groups in total. The van der Waals surface area contributed by atoms with Crippen LogP contribution in [0.1, 0.15) is 5.56 Å². The number of ether oxygens (including phenoxy) is 2. The number of amides is 1. The maximum atomic E-state index is 12.7. The van der Waals surface area contributed by atoms with E-state index < -0.39 is 0 Å². The third-order valence-corrected chi connectivity index (χ3v) is 5.14. The molecule has 2 heterocycles. The van der Waals surface area contributed by atoms with Crippen molar-refractivity contribution in [2.24, 2.45) is 0 Å². The van der Waals surface area contributed by atoms with Crippen LogP contribution in [0.2, 0.25) is 5.02 Å². The maximum absolute atomic E-state index is 12.7. The molecular formula is C17H10ClNO3S2. The molecule has 1 saturated heterocycles. The minimum Gasteiger partial charge on any atom is -0.454 e. The number of para-hydroxylation sites is 1. The number of anilines is 1. The topological polar surface area (TPSA) is 38.8 Å². The lowest BCUT2D eigenvalue weighted by Gasteiger charge is -2.13. The first kappa shape index (κ1) is 15.5. The predicted molar refractivity (Wildman–Crippen MR) is 99.7 cm³/mol. The van der Waals surface area contributed by atoms with Crippen molar-refractivity contribution in [3.63, 3.8) is 0 Å². The van der Waals surface area contributed by atoms with Gasteiger partial charge in [0, 0.05) is 0 Å². The molecule has 0 spiro atoms. The second-order valence-electron chi connectivity index (χ2n) is 5.09. The van der Waals surface area contributed by atoms with Crippen molar-refractivity contribution in [2.45, 2.75) is 0 Å². The molecule has 1 amide bonds. The van der Waals surface area contributed by atoms with E-state index in [-0.39, 0.29) is 12.7 Å². The van der Waals surface area contributed by atoms with Crippen molar-refractivity contribution in [1.82, 2.24) is 0 Å². The summed E-state index contributed by atoms with van der Waals surface area (Å²) in [6.07, 6.45) is 1.76. The summed E-state index contributed by atoms with van der Waals surface area (Å²) in [6.45, 7) is 0.147. The van der Waals surface area contributed by atoms with Gasteiger partial charge in [0.15, 0.2) is 15.8 Å². The van der Waals surface area contributed by atoms with E-state index in [0.717, 1.165) is 11.3 Å². The number of hydrogen-bond acceptors (Lipinski definition) is 5. The molecule has 7 heteroatoms. The van der Waals surface area contributed by atoms with Gasteiger partial charge in [-0.3, -0.25) is 9.69 Å². The molecule has 1 fully saturated rings. The number of nitrogens with zero attached hydrogens (tertiary/aromatic N) is 1. The highest BCUT2D eigenvalue weighted by Gasteiger charge is 2.33. The van der Waals surface area contributed by atoms with Crippen LogP contribution in [-0.4, -0.2) is 17.0 Å². The van der Waals surface area contributed by atoms with Crippen molar-refractivity contribution in [3.8, 4) is 11.5 Å². The van der Waals surface area contributed by atoms with E-state index in [2.05, 4.69) is 0 Å². The number of benzene rings is 2. The zero-order chi connectivity index (χ0) is 16.7. The van der Waals surface area contributed by atoms with Gasteiger partial charge in [0.1, 0.15) is 0 Å². The molecule has 0 unspecified atom stereocenters. The Balaban J connectivity index is 1.68. The van der Waals surface area contributed by atoms with Gasteiger partial charge in [-0.1, -0.05) is 53.8 Å². The number of carbonyl (C=O) groups is 1. The predicted octanol–water partition coefficient (Wildman–Crippen LogP) is 4.47. The molecule has 24 heavy (non-hydrogen) atoms. The van der Waals surface area contributed by atoms with E-state index in [4.69, 9.17) is 33.3 Å². The van der Waals surface area contributed by atoms with Crippen LogP contribution < -0.4 is 14.4 Å². The molecule has 120 valence electrons. The largest absolute Gasteiger partial charge is 0.454 e. The Hall–Kier alpha value is -2.02. The monoisotopic (exact) mass is 375 g/mol. The Morgan fingerprint density at radius 2 is 2.00 bits per heavy atom. The van der Waals surface area contributed by atoms with Crippen LogP contribution in [0.25, 0.3) is 6.08 Å². The molecule has 2 aromatic carbocycles. The molecule has 0 radical (unpaired) electrons. The summed E-state index contributed by atoms with van der Waals surface area (Å²) < 4.78 is 11.2. The number of hydrogen-bond donors (Lipinski definition) is 0. The van der Waals surface area contributed by atoms with Gasteiger partial charge in [-0.05, 0) is 35.9 Å². The molecule has 2 aromatic rings. The Bertz CT molecular complexity index is 883. The lowest BCUT2D eigenvalue weighted by molar-refractivity contribution is -0.113. The second kappa shape index (κ2) is 6.12. The van der Waals surface area contributed by atoms with Crippen LogP contribution in [-0.2, 0) is 4.79 Å². The van der Waals surface area contributed by atoms with E-state index in [0.29, 0.717) is 25.7 Å². The van der Waals surface area contributed by atoms with Crippen LogP contribution in [0.3, 0.4) is 0 Å². The fourth-order valence-electron chi connectivity index (χ4n) is 2.49. The molecular weight excluding hydrogens is 366 g/mol. The van der Waals surface area contributed by atoms with Gasteiger partial charge in [0.2, 0.25) is 6.79 Å². The minimum absolute atomic E-state index is 0.147. The van der Waals surface area contributed by atoms with Gasteiger partial charge in [-0.25, -0.2) is 0 Å². The summed E-state index contributed by atoms with van der Waals surface area (Å²) in [5.41, 5.74) is 1.52. The van der Waals surface area contributed by atoms with Crippen LogP contribution in [0.5, 0.6) is 11.5 Å². The summed E-state index contributed by atoms with van der Waals surface area (Å²) in [5, 5.41) is 0.454. The maximum Gasteiger partial charge on any atom is 0.270 e. The third-order valence-electron chi connectivity index (χ3n) is 3.56. The van der Waals surface area contributed by atoms with Gasteiger partial charge in [0.05, 0.1) is 15.6 Å². The van der Waals surface area contributed by atoms with Crippen LogP contribution in [0.4, 0.5) is 5.69 Å². The SMILES string of the molecule is O=C1/C(=C/c2cc(Cl)c3c(c2)OCO3)SC(=S)N1c1ccccc1. The zero-order valence-electron chi connectivity index (χ0n) is 12.2. The standard InChI is InChI=1S/C17H10ClNO3S2/c18-12-6-10(7-13-15(12)22-9-21-13)8-14-16(20)19(17(23)24-14)11-4-2-1-3-5-11/h1-8H,9H2/b14-8-. The van der Waals surface area contributed by atoms with Crippen molar-refractivity contribution >= 4 is 57.6 Å². The first-order chi connectivity index (χ1) is 11.6. The molecule has 0 aromatic heterocycles. The normalized spacial score (nSPS) is 17.9. The van der Waals surface area contributed by atoms with Crippen molar-refractivity contribution in [2.75, 3.05) is 11.7 Å². The summed E-state index contributed by atoms with van der Waals surface area (Å²) in [7, 11) is 0. The second-order valence-corrected chi connectivity index (χ2v) is 7.17. The first-order valence-corrected chi connectivity index (χ1v) is 8.66. The molecule has 4 nitrogen and oxygen atoms in total. The molecule has 0 saturated carbocycles. The number of thiocarbonyl (C=S) groups is 1. The number of thioether (sulfide) groups is 1. The van der Waals surface area contributed by atoms with Crippen molar-refractivity contribution < 1.29 is 14.3 Å². The first-order valence-electron chi connectivity index (χ1n) is 7.05. The number of carbonyl (C=O) groups excluding carboxylic acids is 1. The van der Waals surface area contributed by atoms with Crippen LogP contribution >= 0.6 is 35.6 Å². The number of fused-ring (bicyclic) bond motifs is 1. The highest BCUT2D eigenvalue weighted by molar-refractivity contribution is 8.27. The van der Waals surface area contributed by atoms with Crippen LogP contribution in [0.15, 0.2) is 47.4 Å². The lowest BCUT2D eigenvalue weighted by atomic mass is 10.2. The van der Waals surface area contributed by atoms with E-state index in [1.54, 1.807) is 18.2 Å². The van der Waals surface area contributed by atoms with Crippen molar-refractivity contribution in [3.05, 3.63) is 58.0 Å². The fourth-order valence-corrected chi connectivity index (χ4v) is 4.06. The van der Waals surface area contributed by atoms with Gasteiger partial charge < -0.3 is 9.47 Å². The highest BCUT2D eigenvalue weighted by Crippen LogP contribution is 2.41. The Morgan fingerprint density at radius 1 is 1.21 bits per heavy atom. The lowest BCUT2D eigenvalue weighted by Crippen LogP contribution is -2.27. The van der Waals surface area contributed by atoms with Gasteiger partial charge in [0.25, 0.3) is 5.91 Å². The smallest absolute Gasteiger partial charge is 0.270 e. The molecule has 2 aliphatic rings. The van der Waals surface area contributed by atoms with E-state index in [1.165, 1.54) is 16.7 Å². The quantitative estimate of drug-likeness (QED) is 0.571. The molecule has 0 bridgehead atoms. The number of rotatable bonds is 2. The molecule has 0 aliphatic carbocycles. The minimum atomic E-state index is -0.148. The average molecular weight is 376 g/mol. The average Bonchev–Trinajstić information content (AvgIpc) is 3.14. The summed E-state index contributed by atoms with van der Waals surface area (Å²) >= 11 is 12.8. The number of halogens is 1. The van der Waals surface area contributed by atoms with E-state index >= 15 is 0 Å². The summed E-state index contributed by atoms with van der Waals surface area (Å²) in [6, 6.07) is 12.9. The molecule has 2 aliphatic heterocycles. The summed E-state index contributed by atoms with van der Waals surface area (Å²) in [4.78, 5) is 14.8. The van der Waals surface area contributed by atoms with Crippen LogP contribution in [0, 0.1) is 0 Å².